The third-order valence-corrected chi connectivity index (χ3v) is 3.22. The molecule has 0 fully saturated rings. The van der Waals surface area contributed by atoms with E-state index in [9.17, 15) is 4.79 Å². The lowest BCUT2D eigenvalue weighted by atomic mass is 10.1. The maximum absolute atomic E-state index is 12.4. The summed E-state index contributed by atoms with van der Waals surface area (Å²) in [4.78, 5) is 12.4. The highest BCUT2D eigenvalue weighted by Gasteiger charge is 2.16. The van der Waals surface area contributed by atoms with Gasteiger partial charge in [-0.05, 0) is 30.7 Å². The van der Waals surface area contributed by atoms with Crippen molar-refractivity contribution >= 4 is 16.9 Å². The third kappa shape index (κ3) is 2.45. The zero-order chi connectivity index (χ0) is 14.8. The van der Waals surface area contributed by atoms with Crippen LogP contribution >= 0.6 is 0 Å². The molecular weight excluding hydrogens is 268 g/mol. The Balaban J connectivity index is 1.95. The molecular formula is C16H14N2O3. The monoisotopic (exact) mass is 282 g/mol. The number of rotatable bonds is 3. The van der Waals surface area contributed by atoms with Crippen LogP contribution < -0.4 is 9.47 Å². The van der Waals surface area contributed by atoms with E-state index < -0.39 is 5.97 Å². The largest absolute Gasteiger partial charge is 0.493 e. The second kappa shape index (κ2) is 5.28. The van der Waals surface area contributed by atoms with Gasteiger partial charge in [-0.15, -0.1) is 0 Å². The van der Waals surface area contributed by atoms with E-state index in [-0.39, 0.29) is 0 Å². The lowest BCUT2D eigenvalue weighted by molar-refractivity contribution is 0.0731. The molecule has 0 spiro atoms. The van der Waals surface area contributed by atoms with Crippen LogP contribution in [0.15, 0.2) is 42.6 Å². The molecule has 0 aliphatic heterocycles. The summed E-state index contributed by atoms with van der Waals surface area (Å²) in [5, 5.41) is 7.61. The number of methoxy groups -OCH3 is 1. The smallest absolute Gasteiger partial charge is 0.345 e. The highest BCUT2D eigenvalue weighted by Crippen LogP contribution is 2.29. The number of benzene rings is 2. The first kappa shape index (κ1) is 13.2. The number of aromatic amines is 1. The molecule has 0 amide bonds. The molecule has 1 N–H and O–H groups in total. The van der Waals surface area contributed by atoms with Gasteiger partial charge in [0.2, 0.25) is 0 Å². The molecule has 5 heteroatoms. The number of esters is 1. The summed E-state index contributed by atoms with van der Waals surface area (Å²) in [6.07, 6.45) is 1.67. The molecule has 1 heterocycles. The molecule has 1 aromatic heterocycles. The first-order valence-electron chi connectivity index (χ1n) is 6.48. The van der Waals surface area contributed by atoms with Crippen molar-refractivity contribution in [2.45, 2.75) is 6.92 Å². The summed E-state index contributed by atoms with van der Waals surface area (Å²) in [5.74, 6) is 0.469. The fourth-order valence-corrected chi connectivity index (χ4v) is 2.15. The molecule has 0 saturated heterocycles. The van der Waals surface area contributed by atoms with Gasteiger partial charge in [0.15, 0.2) is 11.5 Å². The summed E-state index contributed by atoms with van der Waals surface area (Å²) in [6, 6.07) is 10.8. The van der Waals surface area contributed by atoms with Crippen molar-refractivity contribution in [3.63, 3.8) is 0 Å². The molecule has 0 atom stereocenters. The number of hydrogen-bond acceptors (Lipinski definition) is 4. The predicted octanol–water partition coefficient (Wildman–Crippen LogP) is 3.10. The highest BCUT2D eigenvalue weighted by molar-refractivity contribution is 6.03. The van der Waals surface area contributed by atoms with Crippen LogP contribution in [0.5, 0.6) is 11.5 Å². The molecule has 0 radical (unpaired) electrons. The summed E-state index contributed by atoms with van der Waals surface area (Å²) in [7, 11) is 1.54. The Hall–Kier alpha value is -2.82. The molecule has 3 aromatic rings. The van der Waals surface area contributed by atoms with E-state index in [2.05, 4.69) is 10.2 Å². The molecule has 2 aromatic carbocycles. The molecule has 106 valence electrons. The van der Waals surface area contributed by atoms with Crippen molar-refractivity contribution in [1.82, 2.24) is 10.2 Å². The molecule has 21 heavy (non-hydrogen) atoms. The Kier molecular flexibility index (Phi) is 3.31. The number of carbonyl (C=O) groups excluding carboxylic acids is 1. The Morgan fingerprint density at radius 2 is 2.05 bits per heavy atom. The van der Waals surface area contributed by atoms with Gasteiger partial charge in [0.1, 0.15) is 0 Å². The number of nitrogens with one attached hydrogen (secondary N) is 1. The highest BCUT2D eigenvalue weighted by atomic mass is 16.6. The fourth-order valence-electron chi connectivity index (χ4n) is 2.15. The number of hydrogen-bond donors (Lipinski definition) is 1. The zero-order valence-corrected chi connectivity index (χ0v) is 11.7. The van der Waals surface area contributed by atoms with E-state index in [1.54, 1.807) is 31.5 Å². The number of H-pyrrole nitrogens is 1. The molecule has 0 aliphatic carbocycles. The number of para-hydroxylation sites is 1. The van der Waals surface area contributed by atoms with Gasteiger partial charge in [-0.3, -0.25) is 5.10 Å². The van der Waals surface area contributed by atoms with Crippen LogP contribution in [0.25, 0.3) is 10.9 Å². The van der Waals surface area contributed by atoms with Gasteiger partial charge in [-0.25, -0.2) is 4.79 Å². The second-order valence-electron chi connectivity index (χ2n) is 4.68. The number of carbonyl (C=O) groups is 1. The molecule has 0 unspecified atom stereocenters. The summed E-state index contributed by atoms with van der Waals surface area (Å²) >= 11 is 0. The van der Waals surface area contributed by atoms with Crippen molar-refractivity contribution in [3.8, 4) is 11.5 Å². The first-order chi connectivity index (χ1) is 10.2. The van der Waals surface area contributed by atoms with Crippen molar-refractivity contribution in [3.05, 3.63) is 53.7 Å². The minimum Gasteiger partial charge on any atom is -0.493 e. The average Bonchev–Trinajstić information content (AvgIpc) is 2.97. The molecule has 0 aliphatic rings. The van der Waals surface area contributed by atoms with Crippen molar-refractivity contribution in [1.29, 1.82) is 0 Å². The lowest BCUT2D eigenvalue weighted by Gasteiger charge is -2.10. The Bertz CT molecular complexity index is 808. The summed E-state index contributed by atoms with van der Waals surface area (Å²) in [5.41, 5.74) is 2.13. The van der Waals surface area contributed by atoms with Crippen LogP contribution in [0, 0.1) is 6.92 Å². The van der Waals surface area contributed by atoms with Crippen LogP contribution in [0.4, 0.5) is 0 Å². The van der Waals surface area contributed by atoms with Crippen molar-refractivity contribution < 1.29 is 14.3 Å². The fraction of sp³-hybridized carbons (Fsp3) is 0.125. The van der Waals surface area contributed by atoms with E-state index in [0.29, 0.717) is 22.6 Å². The van der Waals surface area contributed by atoms with Gasteiger partial charge in [0.05, 0.1) is 24.4 Å². The normalized spacial score (nSPS) is 10.6. The van der Waals surface area contributed by atoms with Gasteiger partial charge >= 0.3 is 5.97 Å². The van der Waals surface area contributed by atoms with Gasteiger partial charge < -0.3 is 9.47 Å². The second-order valence-corrected chi connectivity index (χ2v) is 4.68. The van der Waals surface area contributed by atoms with Gasteiger partial charge in [-0.1, -0.05) is 18.2 Å². The molecule has 5 nitrogen and oxygen atoms in total. The maximum atomic E-state index is 12.4. The Labute approximate surface area is 121 Å². The van der Waals surface area contributed by atoms with Crippen LogP contribution in [-0.2, 0) is 0 Å². The molecule has 3 rings (SSSR count). The van der Waals surface area contributed by atoms with E-state index in [4.69, 9.17) is 9.47 Å². The van der Waals surface area contributed by atoms with E-state index in [1.807, 2.05) is 25.1 Å². The Morgan fingerprint density at radius 1 is 1.19 bits per heavy atom. The third-order valence-electron chi connectivity index (χ3n) is 3.22. The van der Waals surface area contributed by atoms with E-state index in [1.165, 1.54) is 0 Å². The average molecular weight is 282 g/mol. The van der Waals surface area contributed by atoms with Gasteiger partial charge in [0.25, 0.3) is 0 Å². The van der Waals surface area contributed by atoms with Gasteiger partial charge in [-0.2, -0.15) is 5.10 Å². The molecule has 0 bridgehead atoms. The number of aromatic nitrogens is 2. The van der Waals surface area contributed by atoms with Crippen molar-refractivity contribution in [2.75, 3.05) is 7.11 Å². The summed E-state index contributed by atoms with van der Waals surface area (Å²) < 4.78 is 10.7. The SMILES string of the molecule is COc1cc(C)ccc1OC(=O)c1cccc2cn[nH]c12. The predicted molar refractivity (Wildman–Crippen MR) is 78.8 cm³/mol. The van der Waals surface area contributed by atoms with Crippen LogP contribution in [0.3, 0.4) is 0 Å². The number of ether oxygens (including phenoxy) is 2. The number of fused-ring (bicyclic) bond motifs is 1. The topological polar surface area (TPSA) is 64.2 Å². The lowest BCUT2D eigenvalue weighted by Crippen LogP contribution is -2.10. The standard InChI is InChI=1S/C16H14N2O3/c1-10-6-7-13(14(8-10)20-2)21-16(19)12-5-3-4-11-9-17-18-15(11)12/h3-9H,1-2H3,(H,17,18). The maximum Gasteiger partial charge on any atom is 0.345 e. The molecule has 0 saturated carbocycles. The number of nitrogens with zero attached hydrogens (tertiary/aromatic N) is 1. The van der Waals surface area contributed by atoms with E-state index in [0.717, 1.165) is 10.9 Å². The quantitative estimate of drug-likeness (QED) is 0.592. The Morgan fingerprint density at radius 3 is 2.86 bits per heavy atom. The van der Waals surface area contributed by atoms with Crippen LogP contribution in [0.2, 0.25) is 0 Å². The zero-order valence-electron chi connectivity index (χ0n) is 11.7. The van der Waals surface area contributed by atoms with E-state index >= 15 is 0 Å². The minimum absolute atomic E-state index is 0.393. The summed E-state index contributed by atoms with van der Waals surface area (Å²) in [6.45, 7) is 1.94. The van der Waals surface area contributed by atoms with Gasteiger partial charge in [0, 0.05) is 5.39 Å². The van der Waals surface area contributed by atoms with Crippen LogP contribution in [0.1, 0.15) is 15.9 Å². The minimum atomic E-state index is -0.452. The van der Waals surface area contributed by atoms with Crippen molar-refractivity contribution in [2.24, 2.45) is 0 Å². The van der Waals surface area contributed by atoms with Crippen LogP contribution in [-0.4, -0.2) is 23.3 Å². The number of aryl methyl sites for hydroxylation is 1. The first-order valence-corrected chi connectivity index (χ1v) is 6.48.